The summed E-state index contributed by atoms with van der Waals surface area (Å²) in [4.78, 5) is 2.77. The Kier molecular flexibility index (Phi) is 3.92. The van der Waals surface area contributed by atoms with Crippen molar-refractivity contribution < 1.29 is 5.11 Å². The van der Waals surface area contributed by atoms with Gasteiger partial charge in [0.15, 0.2) is 0 Å². The zero-order valence-corrected chi connectivity index (χ0v) is 12.8. The molecule has 0 aliphatic heterocycles. The van der Waals surface area contributed by atoms with Crippen molar-refractivity contribution in [2.24, 2.45) is 11.3 Å². The number of hydrogen-bond donors (Lipinski definition) is 1. The van der Waals surface area contributed by atoms with Gasteiger partial charge in [-0.1, -0.05) is 12.8 Å². The summed E-state index contributed by atoms with van der Waals surface area (Å²) < 4.78 is 0. The molecule has 0 bridgehead atoms. The van der Waals surface area contributed by atoms with Gasteiger partial charge in [-0.15, -0.1) is 0 Å². The Morgan fingerprint density at radius 2 is 1.79 bits per heavy atom. The zero-order valence-electron chi connectivity index (χ0n) is 12.8. The first kappa shape index (κ1) is 13.9. The minimum Gasteiger partial charge on any atom is -0.393 e. The molecule has 1 N–H and O–H groups in total. The van der Waals surface area contributed by atoms with Crippen LogP contribution in [0, 0.1) is 11.3 Å². The molecule has 0 aromatic heterocycles. The third-order valence-corrected chi connectivity index (χ3v) is 6.01. The molecule has 3 fully saturated rings. The van der Waals surface area contributed by atoms with Crippen molar-refractivity contribution in [1.82, 2.24) is 4.90 Å². The van der Waals surface area contributed by atoms with Crippen molar-refractivity contribution in [2.75, 3.05) is 6.54 Å². The average Bonchev–Trinajstić information content (AvgIpc) is 3.08. The van der Waals surface area contributed by atoms with Gasteiger partial charge < -0.3 is 5.11 Å². The van der Waals surface area contributed by atoms with Crippen molar-refractivity contribution in [2.45, 2.75) is 89.8 Å². The molecular formula is C17H31NO. The van der Waals surface area contributed by atoms with Gasteiger partial charge in [0, 0.05) is 18.6 Å². The largest absolute Gasteiger partial charge is 0.393 e. The van der Waals surface area contributed by atoms with Crippen LogP contribution in [0.3, 0.4) is 0 Å². The topological polar surface area (TPSA) is 23.5 Å². The molecule has 3 aliphatic carbocycles. The lowest BCUT2D eigenvalue weighted by molar-refractivity contribution is -0.0400. The fourth-order valence-electron chi connectivity index (χ4n) is 4.69. The van der Waals surface area contributed by atoms with Gasteiger partial charge in [-0.2, -0.15) is 0 Å². The maximum absolute atomic E-state index is 10.2. The van der Waals surface area contributed by atoms with E-state index in [0.29, 0.717) is 17.5 Å². The Morgan fingerprint density at radius 3 is 2.37 bits per heavy atom. The molecule has 0 radical (unpaired) electrons. The fourth-order valence-corrected chi connectivity index (χ4v) is 4.69. The molecule has 3 aliphatic rings. The molecule has 1 spiro atoms. The van der Waals surface area contributed by atoms with Crippen LogP contribution in [0.4, 0.5) is 0 Å². The van der Waals surface area contributed by atoms with Crippen LogP contribution in [-0.2, 0) is 0 Å². The number of hydrogen-bond acceptors (Lipinski definition) is 2. The number of nitrogens with zero attached hydrogens (tertiary/aromatic N) is 1. The van der Waals surface area contributed by atoms with Crippen LogP contribution in [0.5, 0.6) is 0 Å². The Bertz CT molecular complexity index is 304. The molecule has 2 nitrogen and oxygen atoms in total. The second kappa shape index (κ2) is 5.37. The molecule has 2 atom stereocenters. The monoisotopic (exact) mass is 265 g/mol. The van der Waals surface area contributed by atoms with Gasteiger partial charge >= 0.3 is 0 Å². The number of rotatable bonds is 4. The van der Waals surface area contributed by atoms with E-state index in [0.717, 1.165) is 18.8 Å². The summed E-state index contributed by atoms with van der Waals surface area (Å²) in [6.45, 7) is 5.99. The highest BCUT2D eigenvalue weighted by molar-refractivity contribution is 5.01. The van der Waals surface area contributed by atoms with Crippen molar-refractivity contribution in [3.8, 4) is 0 Å². The lowest BCUT2D eigenvalue weighted by Crippen LogP contribution is -2.54. The molecule has 3 saturated carbocycles. The first-order valence-electron chi connectivity index (χ1n) is 8.54. The van der Waals surface area contributed by atoms with E-state index < -0.39 is 0 Å². The Hall–Kier alpha value is -0.0800. The van der Waals surface area contributed by atoms with Gasteiger partial charge in [-0.25, -0.2) is 0 Å². The van der Waals surface area contributed by atoms with Crippen LogP contribution in [0.1, 0.15) is 71.6 Å². The molecule has 2 heteroatoms. The quantitative estimate of drug-likeness (QED) is 0.840. The van der Waals surface area contributed by atoms with E-state index in [2.05, 4.69) is 18.7 Å². The normalized spacial score (nSPS) is 34.6. The minimum absolute atomic E-state index is 0.0447. The second-order valence-electron chi connectivity index (χ2n) is 7.75. The van der Waals surface area contributed by atoms with Crippen molar-refractivity contribution in [3.05, 3.63) is 0 Å². The van der Waals surface area contributed by atoms with E-state index in [1.54, 1.807) is 0 Å². The predicted molar refractivity (Wildman–Crippen MR) is 79.1 cm³/mol. The molecule has 0 aromatic carbocycles. The van der Waals surface area contributed by atoms with E-state index in [4.69, 9.17) is 0 Å². The number of aliphatic hydroxyl groups is 1. The van der Waals surface area contributed by atoms with Crippen molar-refractivity contribution in [1.29, 1.82) is 0 Å². The molecule has 0 aromatic rings. The van der Waals surface area contributed by atoms with Crippen LogP contribution in [0.2, 0.25) is 0 Å². The van der Waals surface area contributed by atoms with E-state index >= 15 is 0 Å². The SMILES string of the molecule is CC(C)N(CC1CC1)C1CC(O)CCC12CCCC2. The maximum atomic E-state index is 10.2. The summed E-state index contributed by atoms with van der Waals surface area (Å²) in [5.74, 6) is 0.958. The third-order valence-electron chi connectivity index (χ3n) is 6.01. The average molecular weight is 265 g/mol. The molecule has 0 saturated heterocycles. The first-order chi connectivity index (χ1) is 9.11. The van der Waals surface area contributed by atoms with Crippen LogP contribution < -0.4 is 0 Å². The summed E-state index contributed by atoms with van der Waals surface area (Å²) in [6, 6.07) is 1.28. The molecular weight excluding hydrogens is 234 g/mol. The molecule has 0 amide bonds. The maximum Gasteiger partial charge on any atom is 0.0555 e. The highest BCUT2D eigenvalue weighted by atomic mass is 16.3. The van der Waals surface area contributed by atoms with Crippen LogP contribution >= 0.6 is 0 Å². The van der Waals surface area contributed by atoms with Gasteiger partial charge in [0.25, 0.3) is 0 Å². The summed E-state index contributed by atoms with van der Waals surface area (Å²) in [7, 11) is 0. The van der Waals surface area contributed by atoms with Gasteiger partial charge in [0.1, 0.15) is 0 Å². The van der Waals surface area contributed by atoms with E-state index in [1.807, 2.05) is 0 Å². The summed E-state index contributed by atoms with van der Waals surface area (Å²) >= 11 is 0. The number of aliphatic hydroxyl groups excluding tert-OH is 1. The van der Waals surface area contributed by atoms with E-state index in [1.165, 1.54) is 51.5 Å². The molecule has 19 heavy (non-hydrogen) atoms. The predicted octanol–water partition coefficient (Wildman–Crippen LogP) is 3.58. The van der Waals surface area contributed by atoms with Crippen molar-refractivity contribution in [3.63, 3.8) is 0 Å². The minimum atomic E-state index is -0.0447. The molecule has 0 heterocycles. The standard InChI is InChI=1S/C17H31NO/c1-13(2)18(12-14-5-6-14)16-11-15(19)7-10-17(16)8-3-4-9-17/h13-16,19H,3-12H2,1-2H3. The van der Waals surface area contributed by atoms with Gasteiger partial charge in [-0.3, -0.25) is 4.90 Å². The highest BCUT2D eigenvalue weighted by Gasteiger charge is 2.48. The fraction of sp³-hybridized carbons (Fsp3) is 1.00. The highest BCUT2D eigenvalue weighted by Crippen LogP contribution is 2.51. The van der Waals surface area contributed by atoms with Crippen LogP contribution in [-0.4, -0.2) is 34.7 Å². The Labute approximate surface area is 118 Å². The van der Waals surface area contributed by atoms with E-state index in [9.17, 15) is 5.11 Å². The van der Waals surface area contributed by atoms with Crippen LogP contribution in [0.25, 0.3) is 0 Å². The van der Waals surface area contributed by atoms with Gasteiger partial charge in [-0.05, 0) is 70.1 Å². The van der Waals surface area contributed by atoms with Gasteiger partial charge in [0.05, 0.1) is 6.10 Å². The molecule has 2 unspecified atom stereocenters. The Balaban J connectivity index is 1.78. The van der Waals surface area contributed by atoms with Crippen molar-refractivity contribution >= 4 is 0 Å². The Morgan fingerprint density at radius 1 is 1.11 bits per heavy atom. The second-order valence-corrected chi connectivity index (χ2v) is 7.75. The van der Waals surface area contributed by atoms with Gasteiger partial charge in [0.2, 0.25) is 0 Å². The van der Waals surface area contributed by atoms with E-state index in [-0.39, 0.29) is 6.10 Å². The first-order valence-corrected chi connectivity index (χ1v) is 8.54. The lowest BCUT2D eigenvalue weighted by atomic mass is 9.67. The zero-order chi connectivity index (χ0) is 13.5. The summed E-state index contributed by atoms with van der Waals surface area (Å²) in [5.41, 5.74) is 0.554. The summed E-state index contributed by atoms with van der Waals surface area (Å²) in [5, 5.41) is 10.2. The van der Waals surface area contributed by atoms with Crippen LogP contribution in [0.15, 0.2) is 0 Å². The molecule has 3 rings (SSSR count). The lowest BCUT2D eigenvalue weighted by Gasteiger charge is -2.50. The third kappa shape index (κ3) is 2.85. The smallest absolute Gasteiger partial charge is 0.0555 e. The summed E-state index contributed by atoms with van der Waals surface area (Å²) in [6.07, 6.45) is 11.8. The molecule has 110 valence electrons.